The van der Waals surface area contributed by atoms with E-state index in [1.165, 1.54) is 0 Å². The van der Waals surface area contributed by atoms with Crippen LogP contribution >= 0.6 is 22.9 Å². The van der Waals surface area contributed by atoms with Crippen molar-refractivity contribution in [2.45, 2.75) is 31.8 Å². The van der Waals surface area contributed by atoms with Crippen LogP contribution in [0.3, 0.4) is 0 Å². The van der Waals surface area contributed by atoms with Crippen LogP contribution in [0.25, 0.3) is 0 Å². The van der Waals surface area contributed by atoms with Gasteiger partial charge >= 0.3 is 0 Å². The van der Waals surface area contributed by atoms with Crippen molar-refractivity contribution in [1.82, 2.24) is 9.88 Å². The van der Waals surface area contributed by atoms with E-state index >= 15 is 0 Å². The quantitative estimate of drug-likeness (QED) is 0.802. The van der Waals surface area contributed by atoms with Crippen LogP contribution in [-0.2, 0) is 15.7 Å². The fourth-order valence-corrected chi connectivity index (χ4v) is 5.01. The first kappa shape index (κ1) is 14.2. The van der Waals surface area contributed by atoms with Gasteiger partial charge in [-0.15, -0.1) is 22.9 Å². The molecule has 0 spiro atoms. The maximum atomic E-state index is 11.6. The molecular weight excluding hydrogens is 292 g/mol. The van der Waals surface area contributed by atoms with E-state index in [0.717, 1.165) is 10.7 Å². The van der Waals surface area contributed by atoms with Crippen molar-refractivity contribution in [2.24, 2.45) is 0 Å². The molecule has 102 valence electrons. The minimum absolute atomic E-state index is 0.0436. The van der Waals surface area contributed by atoms with Gasteiger partial charge < -0.3 is 0 Å². The van der Waals surface area contributed by atoms with E-state index in [1.54, 1.807) is 11.3 Å². The molecule has 1 aromatic heterocycles. The number of hydrogen-bond donors (Lipinski definition) is 0. The predicted octanol–water partition coefficient (Wildman–Crippen LogP) is 2.06. The van der Waals surface area contributed by atoms with E-state index in [2.05, 4.69) is 16.8 Å². The van der Waals surface area contributed by atoms with Crippen LogP contribution < -0.4 is 0 Å². The summed E-state index contributed by atoms with van der Waals surface area (Å²) in [5, 5.41) is 2.97. The maximum Gasteiger partial charge on any atom is 0.153 e. The Balaban J connectivity index is 2.12. The Kier molecular flexibility index (Phi) is 4.31. The van der Waals surface area contributed by atoms with Crippen molar-refractivity contribution in [3.8, 4) is 0 Å². The molecule has 1 aliphatic heterocycles. The Hall–Kier alpha value is -0.170. The predicted molar refractivity (Wildman–Crippen MR) is 74.9 cm³/mol. The molecule has 18 heavy (non-hydrogen) atoms. The third-order valence-electron chi connectivity index (χ3n) is 3.28. The number of nitrogens with zero attached hydrogens (tertiary/aromatic N) is 2. The van der Waals surface area contributed by atoms with E-state index < -0.39 is 9.84 Å². The molecule has 2 unspecified atom stereocenters. The van der Waals surface area contributed by atoms with Crippen LogP contribution in [0.4, 0.5) is 0 Å². The topological polar surface area (TPSA) is 50.3 Å². The van der Waals surface area contributed by atoms with Gasteiger partial charge in [0.15, 0.2) is 9.84 Å². The smallest absolute Gasteiger partial charge is 0.153 e. The Morgan fingerprint density at radius 3 is 2.94 bits per heavy atom. The third-order valence-corrected chi connectivity index (χ3v) is 6.42. The van der Waals surface area contributed by atoms with Crippen molar-refractivity contribution in [2.75, 3.05) is 18.1 Å². The molecule has 0 saturated carbocycles. The molecule has 2 heterocycles. The Morgan fingerprint density at radius 2 is 2.39 bits per heavy atom. The van der Waals surface area contributed by atoms with Crippen molar-refractivity contribution >= 4 is 32.8 Å². The molecule has 0 aromatic carbocycles. The zero-order valence-electron chi connectivity index (χ0n) is 10.5. The molecule has 0 bridgehead atoms. The summed E-state index contributed by atoms with van der Waals surface area (Å²) in [5.41, 5.74) is 0.890. The molecule has 1 aromatic rings. The summed E-state index contributed by atoms with van der Waals surface area (Å²) in [6, 6.07) is 0.194. The zero-order valence-corrected chi connectivity index (χ0v) is 12.9. The molecule has 2 rings (SSSR count). The van der Waals surface area contributed by atoms with Crippen LogP contribution in [0.1, 0.15) is 30.6 Å². The van der Waals surface area contributed by atoms with E-state index in [9.17, 15) is 8.42 Å². The molecule has 4 nitrogen and oxygen atoms in total. The summed E-state index contributed by atoms with van der Waals surface area (Å²) < 4.78 is 23.1. The highest BCUT2D eigenvalue weighted by atomic mass is 35.5. The van der Waals surface area contributed by atoms with Crippen molar-refractivity contribution < 1.29 is 8.42 Å². The molecular formula is C11H17ClN2O2S2. The monoisotopic (exact) mass is 308 g/mol. The average molecular weight is 309 g/mol. The highest BCUT2D eigenvalue weighted by Gasteiger charge is 2.32. The van der Waals surface area contributed by atoms with E-state index in [4.69, 9.17) is 11.6 Å². The second kappa shape index (κ2) is 5.45. The number of aromatic nitrogens is 1. The standard InChI is InChI=1S/C11H17ClN2O2S2/c1-8-7-18(15,16)4-3-14(8)9(2)11-13-10(5-12)6-17-11/h6,8-9H,3-5,7H2,1-2H3. The molecule has 1 aliphatic rings. The first-order chi connectivity index (χ1) is 8.43. The second-order valence-electron chi connectivity index (χ2n) is 4.69. The highest BCUT2D eigenvalue weighted by Crippen LogP contribution is 2.28. The summed E-state index contributed by atoms with van der Waals surface area (Å²) in [6.45, 7) is 4.62. The molecule has 0 amide bonds. The van der Waals surface area contributed by atoms with E-state index in [1.807, 2.05) is 12.3 Å². The Morgan fingerprint density at radius 1 is 1.67 bits per heavy atom. The van der Waals surface area contributed by atoms with Crippen LogP contribution in [0, 0.1) is 0 Å². The Labute approximate surface area is 117 Å². The molecule has 2 atom stereocenters. The van der Waals surface area contributed by atoms with Gasteiger partial charge in [-0.1, -0.05) is 0 Å². The minimum atomic E-state index is -2.86. The van der Waals surface area contributed by atoms with Gasteiger partial charge in [-0.25, -0.2) is 13.4 Å². The van der Waals surface area contributed by atoms with Gasteiger partial charge in [-0.05, 0) is 13.8 Å². The van der Waals surface area contributed by atoms with Crippen LogP contribution in [-0.4, -0.2) is 42.4 Å². The number of thiazole rings is 1. The molecule has 0 radical (unpaired) electrons. The maximum absolute atomic E-state index is 11.6. The lowest BCUT2D eigenvalue weighted by Crippen LogP contribution is -2.47. The fraction of sp³-hybridized carbons (Fsp3) is 0.727. The van der Waals surface area contributed by atoms with E-state index in [-0.39, 0.29) is 23.6 Å². The van der Waals surface area contributed by atoms with Gasteiger partial charge in [0.25, 0.3) is 0 Å². The van der Waals surface area contributed by atoms with Crippen molar-refractivity contribution in [3.05, 3.63) is 16.1 Å². The van der Waals surface area contributed by atoms with Crippen molar-refractivity contribution in [3.63, 3.8) is 0 Å². The molecule has 1 fully saturated rings. The first-order valence-corrected chi connectivity index (χ1v) is 9.13. The van der Waals surface area contributed by atoms with Gasteiger partial charge in [-0.3, -0.25) is 4.90 Å². The number of alkyl halides is 1. The summed E-state index contributed by atoms with van der Waals surface area (Å²) in [4.78, 5) is 6.68. The fourth-order valence-electron chi connectivity index (χ4n) is 2.30. The lowest BCUT2D eigenvalue weighted by molar-refractivity contribution is 0.169. The van der Waals surface area contributed by atoms with Gasteiger partial charge in [0, 0.05) is 18.0 Å². The van der Waals surface area contributed by atoms with Crippen LogP contribution in [0.2, 0.25) is 0 Å². The summed E-state index contributed by atoms with van der Waals surface area (Å²) >= 11 is 7.34. The second-order valence-corrected chi connectivity index (χ2v) is 8.07. The summed E-state index contributed by atoms with van der Waals surface area (Å²) in [5.74, 6) is 0.910. The van der Waals surface area contributed by atoms with Crippen molar-refractivity contribution in [1.29, 1.82) is 0 Å². The molecule has 0 aliphatic carbocycles. The summed E-state index contributed by atoms with van der Waals surface area (Å²) in [6.07, 6.45) is 0. The van der Waals surface area contributed by atoms with Gasteiger partial charge in [0.05, 0.1) is 29.1 Å². The van der Waals surface area contributed by atoms with Gasteiger partial charge in [-0.2, -0.15) is 0 Å². The number of sulfone groups is 1. The van der Waals surface area contributed by atoms with Crippen LogP contribution in [0.15, 0.2) is 5.38 Å². The largest absolute Gasteiger partial charge is 0.290 e. The highest BCUT2D eigenvalue weighted by molar-refractivity contribution is 7.91. The van der Waals surface area contributed by atoms with Gasteiger partial charge in [0.1, 0.15) is 5.01 Å². The third kappa shape index (κ3) is 3.04. The number of rotatable bonds is 3. The van der Waals surface area contributed by atoms with Crippen LogP contribution in [0.5, 0.6) is 0 Å². The number of halogens is 1. The molecule has 1 saturated heterocycles. The SMILES string of the molecule is CC1CS(=O)(=O)CCN1C(C)c1nc(CCl)cs1. The average Bonchev–Trinajstić information content (AvgIpc) is 2.75. The lowest BCUT2D eigenvalue weighted by Gasteiger charge is -2.36. The first-order valence-electron chi connectivity index (χ1n) is 5.89. The molecule has 7 heteroatoms. The summed E-state index contributed by atoms with van der Waals surface area (Å²) in [7, 11) is -2.86. The minimum Gasteiger partial charge on any atom is -0.290 e. The lowest BCUT2D eigenvalue weighted by atomic mass is 10.2. The zero-order chi connectivity index (χ0) is 13.3. The number of hydrogen-bond acceptors (Lipinski definition) is 5. The van der Waals surface area contributed by atoms with Gasteiger partial charge in [0.2, 0.25) is 0 Å². The van der Waals surface area contributed by atoms with E-state index in [0.29, 0.717) is 12.4 Å². The Bertz CT molecular complexity index is 515. The molecule has 0 N–H and O–H groups in total. The normalized spacial score (nSPS) is 26.1.